The van der Waals surface area contributed by atoms with E-state index in [2.05, 4.69) is 21.7 Å². The molecular weight excluding hydrogens is 390 g/mol. The lowest BCUT2D eigenvalue weighted by Gasteiger charge is -2.18. The number of methoxy groups -OCH3 is 1. The van der Waals surface area contributed by atoms with Crippen LogP contribution < -0.4 is 15.4 Å². The molecule has 2 aromatic carbocycles. The topological polar surface area (TPSA) is 81.1 Å². The van der Waals surface area contributed by atoms with Crippen LogP contribution in [0.4, 0.5) is 11.5 Å². The van der Waals surface area contributed by atoms with Crippen molar-refractivity contribution in [2.75, 3.05) is 17.7 Å². The maximum atomic E-state index is 12.2. The molecule has 0 radical (unpaired) electrons. The standard InChI is InChI=1S/C24H23N5O2/c1-31-21-4-2-3-16-5-8-20(24(16)21)28-22-10-6-17-13-18(7-9-19(17)27-22)26-23(30)14-29-12-11-25-15-29/h2-4,6-7,9-13,15,20H,5,8,14H2,1H3,(H,26,30)(H,27,28). The molecule has 2 aromatic heterocycles. The Labute approximate surface area is 180 Å². The van der Waals surface area contributed by atoms with E-state index in [4.69, 9.17) is 9.72 Å². The number of ether oxygens (including phenoxy) is 1. The zero-order chi connectivity index (χ0) is 21.2. The van der Waals surface area contributed by atoms with Gasteiger partial charge in [-0.3, -0.25) is 4.79 Å². The van der Waals surface area contributed by atoms with Gasteiger partial charge >= 0.3 is 0 Å². The Morgan fingerprint density at radius 3 is 3.00 bits per heavy atom. The van der Waals surface area contributed by atoms with Gasteiger partial charge in [0, 0.05) is 29.0 Å². The molecule has 0 fully saturated rings. The molecule has 7 nitrogen and oxygen atoms in total. The van der Waals surface area contributed by atoms with Gasteiger partial charge < -0.3 is 19.9 Å². The Kier molecular flexibility index (Phi) is 5.00. The van der Waals surface area contributed by atoms with Gasteiger partial charge in [0.1, 0.15) is 18.1 Å². The summed E-state index contributed by atoms with van der Waals surface area (Å²) in [6.45, 7) is 0.228. The number of anilines is 2. The van der Waals surface area contributed by atoms with Crippen molar-refractivity contribution >= 4 is 28.3 Å². The highest BCUT2D eigenvalue weighted by Crippen LogP contribution is 2.39. The van der Waals surface area contributed by atoms with Crippen LogP contribution in [0.15, 0.2) is 67.3 Å². The summed E-state index contributed by atoms with van der Waals surface area (Å²) < 4.78 is 7.30. The number of aryl methyl sites for hydroxylation is 1. The largest absolute Gasteiger partial charge is 0.496 e. The maximum absolute atomic E-state index is 12.2. The monoisotopic (exact) mass is 413 g/mol. The third kappa shape index (κ3) is 3.94. The normalized spacial score (nSPS) is 14.9. The lowest BCUT2D eigenvalue weighted by Crippen LogP contribution is -2.17. The molecule has 4 aromatic rings. The van der Waals surface area contributed by atoms with Gasteiger partial charge in [-0.1, -0.05) is 12.1 Å². The van der Waals surface area contributed by atoms with E-state index in [9.17, 15) is 4.79 Å². The van der Waals surface area contributed by atoms with Gasteiger partial charge in [0.2, 0.25) is 5.91 Å². The molecular formula is C24H23N5O2. The number of rotatable bonds is 6. The molecule has 156 valence electrons. The first-order chi connectivity index (χ1) is 15.2. The third-order valence-corrected chi connectivity index (χ3v) is 5.61. The van der Waals surface area contributed by atoms with E-state index in [1.54, 1.807) is 30.4 Å². The number of pyridine rings is 1. The van der Waals surface area contributed by atoms with Crippen molar-refractivity contribution in [3.8, 4) is 5.75 Å². The van der Waals surface area contributed by atoms with Gasteiger partial charge in [0.15, 0.2) is 0 Å². The molecule has 0 aliphatic heterocycles. The van der Waals surface area contributed by atoms with Crippen LogP contribution in [0.2, 0.25) is 0 Å². The zero-order valence-electron chi connectivity index (χ0n) is 17.2. The van der Waals surface area contributed by atoms with Crippen LogP contribution in [0.3, 0.4) is 0 Å². The van der Waals surface area contributed by atoms with E-state index in [-0.39, 0.29) is 18.5 Å². The number of benzene rings is 2. The number of hydrogen-bond acceptors (Lipinski definition) is 5. The fraction of sp³-hybridized carbons (Fsp3) is 0.208. The second-order valence-corrected chi connectivity index (χ2v) is 7.66. The van der Waals surface area contributed by atoms with E-state index < -0.39 is 0 Å². The summed E-state index contributed by atoms with van der Waals surface area (Å²) in [6, 6.07) is 16.1. The van der Waals surface area contributed by atoms with E-state index in [0.29, 0.717) is 0 Å². The Morgan fingerprint density at radius 2 is 2.16 bits per heavy atom. The molecule has 1 aliphatic rings. The van der Waals surface area contributed by atoms with Gasteiger partial charge in [-0.05, 0) is 54.8 Å². The van der Waals surface area contributed by atoms with Crippen LogP contribution in [0, 0.1) is 0 Å². The predicted molar refractivity (Wildman–Crippen MR) is 120 cm³/mol. The molecule has 1 amide bonds. The average molecular weight is 413 g/mol. The van der Waals surface area contributed by atoms with Crippen molar-refractivity contribution in [3.05, 3.63) is 78.4 Å². The predicted octanol–water partition coefficient (Wildman–Crippen LogP) is 4.18. The number of imidazole rings is 1. The highest BCUT2D eigenvalue weighted by Gasteiger charge is 2.26. The third-order valence-electron chi connectivity index (χ3n) is 5.61. The average Bonchev–Trinajstić information content (AvgIpc) is 3.44. The van der Waals surface area contributed by atoms with Crippen molar-refractivity contribution in [3.63, 3.8) is 0 Å². The van der Waals surface area contributed by atoms with Crippen molar-refractivity contribution in [2.45, 2.75) is 25.4 Å². The summed E-state index contributed by atoms with van der Waals surface area (Å²) in [7, 11) is 1.71. The molecule has 1 aliphatic carbocycles. The first-order valence-corrected chi connectivity index (χ1v) is 10.3. The Morgan fingerprint density at radius 1 is 1.23 bits per heavy atom. The minimum Gasteiger partial charge on any atom is -0.496 e. The molecule has 1 atom stereocenters. The Bertz CT molecular complexity index is 1240. The number of carbonyl (C=O) groups excluding carboxylic acids is 1. The highest BCUT2D eigenvalue weighted by molar-refractivity contribution is 5.93. The molecule has 2 N–H and O–H groups in total. The van der Waals surface area contributed by atoms with Gasteiger partial charge in [0.05, 0.1) is 25.0 Å². The molecule has 2 heterocycles. The van der Waals surface area contributed by atoms with Gasteiger partial charge in [0.25, 0.3) is 0 Å². The number of nitrogens with zero attached hydrogens (tertiary/aromatic N) is 3. The van der Waals surface area contributed by atoms with Crippen molar-refractivity contribution in [1.82, 2.24) is 14.5 Å². The van der Waals surface area contributed by atoms with Crippen LogP contribution in [0.5, 0.6) is 5.75 Å². The summed E-state index contributed by atoms with van der Waals surface area (Å²) in [4.78, 5) is 20.9. The van der Waals surface area contributed by atoms with Gasteiger partial charge in [-0.15, -0.1) is 0 Å². The molecule has 5 rings (SSSR count). The second-order valence-electron chi connectivity index (χ2n) is 7.66. The van der Waals surface area contributed by atoms with Crippen LogP contribution in [-0.2, 0) is 17.8 Å². The number of aromatic nitrogens is 3. The van der Waals surface area contributed by atoms with Crippen LogP contribution >= 0.6 is 0 Å². The summed E-state index contributed by atoms with van der Waals surface area (Å²) in [6.07, 6.45) is 7.07. The van der Waals surface area contributed by atoms with Gasteiger partial charge in [-0.25, -0.2) is 9.97 Å². The molecule has 0 spiro atoms. The van der Waals surface area contributed by atoms with Crippen LogP contribution in [0.25, 0.3) is 10.9 Å². The van der Waals surface area contributed by atoms with E-state index in [0.717, 1.165) is 41.0 Å². The summed E-state index contributed by atoms with van der Waals surface area (Å²) in [5.41, 5.74) is 4.17. The van der Waals surface area contributed by atoms with Gasteiger partial charge in [-0.2, -0.15) is 0 Å². The molecule has 31 heavy (non-hydrogen) atoms. The number of nitrogens with one attached hydrogen (secondary N) is 2. The maximum Gasteiger partial charge on any atom is 0.244 e. The quantitative estimate of drug-likeness (QED) is 0.496. The van der Waals surface area contributed by atoms with Crippen molar-refractivity contribution in [2.24, 2.45) is 0 Å². The van der Waals surface area contributed by atoms with E-state index >= 15 is 0 Å². The molecule has 0 bridgehead atoms. The van der Waals surface area contributed by atoms with Crippen LogP contribution in [0.1, 0.15) is 23.6 Å². The lowest BCUT2D eigenvalue weighted by atomic mass is 10.1. The molecule has 0 saturated heterocycles. The lowest BCUT2D eigenvalue weighted by molar-refractivity contribution is -0.116. The number of hydrogen-bond donors (Lipinski definition) is 2. The van der Waals surface area contributed by atoms with E-state index in [1.165, 1.54) is 11.1 Å². The first-order valence-electron chi connectivity index (χ1n) is 10.3. The Balaban J connectivity index is 1.32. The van der Waals surface area contributed by atoms with Crippen molar-refractivity contribution < 1.29 is 9.53 Å². The smallest absolute Gasteiger partial charge is 0.244 e. The SMILES string of the molecule is COc1cccc2c1C(Nc1ccc3cc(NC(=O)Cn4ccnc4)ccc3n1)CC2. The van der Waals surface area contributed by atoms with E-state index in [1.807, 2.05) is 42.5 Å². The minimum atomic E-state index is -0.0996. The number of carbonyl (C=O) groups is 1. The fourth-order valence-electron chi connectivity index (χ4n) is 4.18. The second kappa shape index (κ2) is 8.10. The minimum absolute atomic E-state index is 0.0996. The molecule has 0 saturated carbocycles. The summed E-state index contributed by atoms with van der Waals surface area (Å²) in [5, 5.41) is 7.46. The number of fused-ring (bicyclic) bond motifs is 2. The number of amides is 1. The fourth-order valence-corrected chi connectivity index (χ4v) is 4.18. The zero-order valence-corrected chi connectivity index (χ0v) is 17.2. The molecule has 1 unspecified atom stereocenters. The summed E-state index contributed by atoms with van der Waals surface area (Å²) >= 11 is 0. The Hall–Kier alpha value is -3.87. The highest BCUT2D eigenvalue weighted by atomic mass is 16.5. The summed E-state index contributed by atoms with van der Waals surface area (Å²) in [5.74, 6) is 1.65. The molecule has 7 heteroatoms. The first kappa shape index (κ1) is 19.1. The van der Waals surface area contributed by atoms with Crippen molar-refractivity contribution in [1.29, 1.82) is 0 Å². The van der Waals surface area contributed by atoms with Crippen LogP contribution in [-0.4, -0.2) is 27.6 Å².